The number of hydrogen-bond acceptors (Lipinski definition) is 4. The molecule has 0 aliphatic carbocycles. The van der Waals surface area contributed by atoms with E-state index in [4.69, 9.17) is 27.9 Å². The molecule has 1 aromatic heterocycles. The van der Waals surface area contributed by atoms with Crippen LogP contribution in [0.2, 0.25) is 10.0 Å². The minimum atomic E-state index is -0.686. The smallest absolute Gasteiger partial charge is 0.333 e. The van der Waals surface area contributed by atoms with Crippen LogP contribution in [0, 0.1) is 6.92 Å². The van der Waals surface area contributed by atoms with Gasteiger partial charge in [0.15, 0.2) is 5.75 Å². The SMILES string of the molecule is Cc1nn(CC(=O)Oc2c(Cl)cccc2Cl)c(=O)c2ccccc12. The van der Waals surface area contributed by atoms with Crippen LogP contribution in [0.4, 0.5) is 0 Å². The molecule has 3 aromatic rings. The third kappa shape index (κ3) is 3.13. The quantitative estimate of drug-likeness (QED) is 0.527. The maximum atomic E-state index is 12.4. The predicted molar refractivity (Wildman–Crippen MR) is 92.8 cm³/mol. The van der Waals surface area contributed by atoms with E-state index in [0.717, 1.165) is 10.1 Å². The molecule has 0 radical (unpaired) electrons. The molecule has 0 aliphatic rings. The fraction of sp³-hybridized carbons (Fsp3) is 0.118. The highest BCUT2D eigenvalue weighted by Crippen LogP contribution is 2.32. The van der Waals surface area contributed by atoms with Gasteiger partial charge in [-0.2, -0.15) is 5.10 Å². The Bertz CT molecular complexity index is 979. The van der Waals surface area contributed by atoms with Crippen LogP contribution in [0.1, 0.15) is 5.69 Å². The molecular weight excluding hydrogens is 351 g/mol. The van der Waals surface area contributed by atoms with Gasteiger partial charge in [0.1, 0.15) is 6.54 Å². The molecule has 0 bridgehead atoms. The lowest BCUT2D eigenvalue weighted by molar-refractivity contribution is -0.135. The Balaban J connectivity index is 1.91. The van der Waals surface area contributed by atoms with Crippen molar-refractivity contribution in [1.29, 1.82) is 0 Å². The fourth-order valence-electron chi connectivity index (χ4n) is 2.36. The average Bonchev–Trinajstić information content (AvgIpc) is 2.56. The molecule has 24 heavy (non-hydrogen) atoms. The van der Waals surface area contributed by atoms with E-state index in [1.807, 2.05) is 12.1 Å². The van der Waals surface area contributed by atoms with Gasteiger partial charge in [0.25, 0.3) is 5.56 Å². The number of esters is 1. The van der Waals surface area contributed by atoms with E-state index >= 15 is 0 Å². The molecule has 0 saturated carbocycles. The van der Waals surface area contributed by atoms with Gasteiger partial charge in [-0.3, -0.25) is 4.79 Å². The first-order chi connectivity index (χ1) is 11.5. The minimum Gasteiger partial charge on any atom is -0.422 e. The van der Waals surface area contributed by atoms with E-state index in [1.165, 1.54) is 0 Å². The zero-order chi connectivity index (χ0) is 17.3. The maximum Gasteiger partial charge on any atom is 0.333 e. The topological polar surface area (TPSA) is 61.2 Å². The largest absolute Gasteiger partial charge is 0.422 e. The second-order valence-electron chi connectivity index (χ2n) is 5.12. The van der Waals surface area contributed by atoms with Crippen molar-refractivity contribution >= 4 is 39.9 Å². The lowest BCUT2D eigenvalue weighted by Crippen LogP contribution is -2.29. The van der Waals surface area contributed by atoms with Crippen molar-refractivity contribution in [3.05, 3.63) is 68.6 Å². The molecule has 5 nitrogen and oxygen atoms in total. The summed E-state index contributed by atoms with van der Waals surface area (Å²) < 4.78 is 6.26. The van der Waals surface area contributed by atoms with Crippen LogP contribution in [0.15, 0.2) is 47.3 Å². The van der Waals surface area contributed by atoms with Crippen molar-refractivity contribution in [2.75, 3.05) is 0 Å². The number of halogens is 2. The van der Waals surface area contributed by atoms with Gasteiger partial charge < -0.3 is 4.74 Å². The Labute approximate surface area is 147 Å². The number of carbonyl (C=O) groups is 1. The van der Waals surface area contributed by atoms with Crippen molar-refractivity contribution < 1.29 is 9.53 Å². The summed E-state index contributed by atoms with van der Waals surface area (Å²) in [7, 11) is 0. The van der Waals surface area contributed by atoms with Crippen LogP contribution >= 0.6 is 23.2 Å². The van der Waals surface area contributed by atoms with E-state index in [9.17, 15) is 9.59 Å². The zero-order valence-electron chi connectivity index (χ0n) is 12.6. The van der Waals surface area contributed by atoms with Gasteiger partial charge in [0.2, 0.25) is 0 Å². The molecule has 0 fully saturated rings. The van der Waals surface area contributed by atoms with Gasteiger partial charge in [-0.1, -0.05) is 47.5 Å². The van der Waals surface area contributed by atoms with E-state index in [0.29, 0.717) is 11.1 Å². The number of nitrogens with zero attached hydrogens (tertiary/aromatic N) is 2. The fourth-order valence-corrected chi connectivity index (χ4v) is 2.83. The van der Waals surface area contributed by atoms with Crippen molar-refractivity contribution in [3.63, 3.8) is 0 Å². The average molecular weight is 363 g/mol. The lowest BCUT2D eigenvalue weighted by atomic mass is 10.1. The van der Waals surface area contributed by atoms with E-state index in [-0.39, 0.29) is 27.9 Å². The molecule has 3 rings (SSSR count). The summed E-state index contributed by atoms with van der Waals surface area (Å²) in [5.41, 5.74) is 0.284. The lowest BCUT2D eigenvalue weighted by Gasteiger charge is -2.10. The molecule has 0 saturated heterocycles. The van der Waals surface area contributed by atoms with Gasteiger partial charge in [0.05, 0.1) is 21.1 Å². The third-order valence-corrected chi connectivity index (χ3v) is 4.06. The zero-order valence-corrected chi connectivity index (χ0v) is 14.1. The van der Waals surface area contributed by atoms with Gasteiger partial charge >= 0.3 is 5.97 Å². The van der Waals surface area contributed by atoms with Crippen LogP contribution in [0.25, 0.3) is 10.8 Å². The Kier molecular flexibility index (Phi) is 4.55. The summed E-state index contributed by atoms with van der Waals surface area (Å²) in [5.74, 6) is -0.620. The Morgan fingerprint density at radius 1 is 1.08 bits per heavy atom. The molecular formula is C17H12Cl2N2O3. The second kappa shape index (κ2) is 6.63. The first-order valence-electron chi connectivity index (χ1n) is 7.08. The molecule has 0 spiro atoms. The maximum absolute atomic E-state index is 12.4. The first-order valence-corrected chi connectivity index (χ1v) is 7.84. The summed E-state index contributed by atoms with van der Waals surface area (Å²) in [6.45, 7) is 1.43. The number of aryl methyl sites for hydroxylation is 1. The Hall–Kier alpha value is -2.37. The molecule has 2 aromatic carbocycles. The molecule has 0 amide bonds. The van der Waals surface area contributed by atoms with Crippen LogP contribution in [-0.2, 0) is 11.3 Å². The van der Waals surface area contributed by atoms with Crippen molar-refractivity contribution in [1.82, 2.24) is 9.78 Å². The molecule has 122 valence electrons. The highest BCUT2D eigenvalue weighted by molar-refractivity contribution is 6.37. The summed E-state index contributed by atoms with van der Waals surface area (Å²) in [5, 5.41) is 5.84. The van der Waals surface area contributed by atoms with E-state index < -0.39 is 5.97 Å². The number of fused-ring (bicyclic) bond motifs is 1. The highest BCUT2D eigenvalue weighted by Gasteiger charge is 2.15. The number of benzene rings is 2. The van der Waals surface area contributed by atoms with Crippen LogP contribution < -0.4 is 10.3 Å². The summed E-state index contributed by atoms with van der Waals surface area (Å²) in [6, 6.07) is 11.8. The van der Waals surface area contributed by atoms with Crippen molar-refractivity contribution in [2.24, 2.45) is 0 Å². The second-order valence-corrected chi connectivity index (χ2v) is 5.93. The highest BCUT2D eigenvalue weighted by atomic mass is 35.5. The Morgan fingerprint density at radius 2 is 1.71 bits per heavy atom. The van der Waals surface area contributed by atoms with Gasteiger partial charge in [-0.15, -0.1) is 0 Å². The van der Waals surface area contributed by atoms with Crippen molar-refractivity contribution in [3.8, 4) is 5.75 Å². The number of para-hydroxylation sites is 1. The van der Waals surface area contributed by atoms with E-state index in [1.54, 1.807) is 37.3 Å². The molecule has 0 atom stereocenters. The van der Waals surface area contributed by atoms with Gasteiger partial charge in [0, 0.05) is 5.39 Å². The standard InChI is InChI=1S/C17H12Cl2N2O3/c1-10-11-5-2-3-6-12(11)17(23)21(20-10)9-15(22)24-16-13(18)7-4-8-14(16)19/h2-8H,9H2,1H3. The molecule has 7 heteroatoms. The first kappa shape index (κ1) is 16.5. The van der Waals surface area contributed by atoms with Crippen LogP contribution in [0.5, 0.6) is 5.75 Å². The van der Waals surface area contributed by atoms with Crippen LogP contribution in [-0.4, -0.2) is 15.7 Å². The molecule has 0 unspecified atom stereocenters. The number of ether oxygens (including phenoxy) is 1. The van der Waals surface area contributed by atoms with Gasteiger partial charge in [-0.05, 0) is 25.1 Å². The number of hydrogen-bond donors (Lipinski definition) is 0. The summed E-state index contributed by atoms with van der Waals surface area (Å²) >= 11 is 11.9. The number of aromatic nitrogens is 2. The third-order valence-electron chi connectivity index (χ3n) is 3.47. The summed E-state index contributed by atoms with van der Waals surface area (Å²) in [6.07, 6.45) is 0. The van der Waals surface area contributed by atoms with Gasteiger partial charge in [-0.25, -0.2) is 9.48 Å². The van der Waals surface area contributed by atoms with E-state index in [2.05, 4.69) is 5.10 Å². The normalized spacial score (nSPS) is 10.8. The monoisotopic (exact) mass is 362 g/mol. The predicted octanol–water partition coefficient (Wildman–Crippen LogP) is 3.62. The summed E-state index contributed by atoms with van der Waals surface area (Å²) in [4.78, 5) is 24.6. The van der Waals surface area contributed by atoms with Crippen molar-refractivity contribution in [2.45, 2.75) is 13.5 Å². The van der Waals surface area contributed by atoms with Crippen LogP contribution in [0.3, 0.4) is 0 Å². The molecule has 0 aliphatic heterocycles. The molecule has 1 heterocycles. The number of rotatable bonds is 3. The molecule has 0 N–H and O–H groups in total. The minimum absolute atomic E-state index is 0.0661. The Morgan fingerprint density at radius 3 is 2.38 bits per heavy atom. The number of carbonyl (C=O) groups excluding carboxylic acids is 1.